The molecule has 0 spiro atoms. The van der Waals surface area contributed by atoms with Gasteiger partial charge in [0.05, 0.1) is 6.61 Å². The maximum absolute atomic E-state index is 11.4. The Bertz CT molecular complexity index is 359. The Labute approximate surface area is 104 Å². The van der Waals surface area contributed by atoms with Crippen LogP contribution in [0.2, 0.25) is 0 Å². The Morgan fingerprint density at radius 2 is 2.19 bits per heavy atom. The van der Waals surface area contributed by atoms with E-state index in [9.17, 15) is 4.79 Å². The van der Waals surface area contributed by atoms with E-state index < -0.39 is 0 Å². The summed E-state index contributed by atoms with van der Waals surface area (Å²) in [5.74, 6) is -0.236. The second-order valence-electron chi connectivity index (χ2n) is 3.64. The molecule has 0 saturated heterocycles. The standard InChI is InChI=1S/C12H16BrNO2/c1-4-16-12(15)9(3)14-11-6-8(2)5-10(13)7-11/h5-7,9,14H,4H2,1-3H3. The van der Waals surface area contributed by atoms with Crippen LogP contribution in [-0.2, 0) is 9.53 Å². The number of hydrogen-bond donors (Lipinski definition) is 1. The molecule has 4 heteroatoms. The van der Waals surface area contributed by atoms with Gasteiger partial charge in [0.15, 0.2) is 0 Å². The van der Waals surface area contributed by atoms with E-state index >= 15 is 0 Å². The topological polar surface area (TPSA) is 38.3 Å². The summed E-state index contributed by atoms with van der Waals surface area (Å²) in [5.41, 5.74) is 2.04. The number of anilines is 1. The normalized spacial score (nSPS) is 12.0. The molecule has 1 N–H and O–H groups in total. The highest BCUT2D eigenvalue weighted by Crippen LogP contribution is 2.19. The second-order valence-corrected chi connectivity index (χ2v) is 4.55. The van der Waals surface area contributed by atoms with Gasteiger partial charge in [-0.05, 0) is 44.5 Å². The molecule has 0 bridgehead atoms. The van der Waals surface area contributed by atoms with Gasteiger partial charge in [-0.15, -0.1) is 0 Å². The van der Waals surface area contributed by atoms with Crippen molar-refractivity contribution in [2.45, 2.75) is 26.8 Å². The Kier molecular flexibility index (Phi) is 4.80. The highest BCUT2D eigenvalue weighted by atomic mass is 79.9. The van der Waals surface area contributed by atoms with Crippen molar-refractivity contribution < 1.29 is 9.53 Å². The Hall–Kier alpha value is -1.03. The first-order chi connectivity index (χ1) is 7.52. The number of aryl methyl sites for hydroxylation is 1. The van der Waals surface area contributed by atoms with Gasteiger partial charge in [-0.3, -0.25) is 0 Å². The summed E-state index contributed by atoms with van der Waals surface area (Å²) >= 11 is 3.41. The maximum atomic E-state index is 11.4. The third-order valence-corrected chi connectivity index (χ3v) is 2.52. The summed E-state index contributed by atoms with van der Waals surface area (Å²) in [6, 6.07) is 5.59. The van der Waals surface area contributed by atoms with Crippen LogP contribution >= 0.6 is 15.9 Å². The molecule has 0 aromatic heterocycles. The van der Waals surface area contributed by atoms with Gasteiger partial charge in [0.1, 0.15) is 6.04 Å². The zero-order chi connectivity index (χ0) is 12.1. The second kappa shape index (κ2) is 5.89. The van der Waals surface area contributed by atoms with Crippen LogP contribution in [0.25, 0.3) is 0 Å². The smallest absolute Gasteiger partial charge is 0.328 e. The molecule has 0 aliphatic carbocycles. The van der Waals surface area contributed by atoms with Crippen molar-refractivity contribution in [1.29, 1.82) is 0 Å². The average Bonchev–Trinajstić information content (AvgIpc) is 2.16. The zero-order valence-electron chi connectivity index (χ0n) is 9.71. The fourth-order valence-electron chi connectivity index (χ4n) is 1.40. The molecular formula is C12H16BrNO2. The summed E-state index contributed by atoms with van der Waals surface area (Å²) in [7, 11) is 0. The number of halogens is 1. The summed E-state index contributed by atoms with van der Waals surface area (Å²) in [5, 5.41) is 3.10. The quantitative estimate of drug-likeness (QED) is 0.864. The van der Waals surface area contributed by atoms with E-state index in [1.54, 1.807) is 13.8 Å². The van der Waals surface area contributed by atoms with Gasteiger partial charge in [0, 0.05) is 10.2 Å². The van der Waals surface area contributed by atoms with Crippen LogP contribution in [-0.4, -0.2) is 18.6 Å². The van der Waals surface area contributed by atoms with Crippen LogP contribution in [0, 0.1) is 6.92 Å². The third kappa shape index (κ3) is 3.85. The summed E-state index contributed by atoms with van der Waals surface area (Å²) in [6.45, 7) is 6.00. The van der Waals surface area contributed by atoms with Gasteiger partial charge in [0.2, 0.25) is 0 Å². The van der Waals surface area contributed by atoms with Crippen LogP contribution in [0.5, 0.6) is 0 Å². The van der Waals surface area contributed by atoms with Gasteiger partial charge in [-0.1, -0.05) is 15.9 Å². The molecule has 0 radical (unpaired) electrons. The molecule has 88 valence electrons. The fraction of sp³-hybridized carbons (Fsp3) is 0.417. The number of esters is 1. The summed E-state index contributed by atoms with van der Waals surface area (Å²) in [6.07, 6.45) is 0. The van der Waals surface area contributed by atoms with Crippen molar-refractivity contribution in [1.82, 2.24) is 0 Å². The Balaban J connectivity index is 2.69. The van der Waals surface area contributed by atoms with Crippen molar-refractivity contribution in [2.24, 2.45) is 0 Å². The molecule has 0 saturated carbocycles. The molecule has 3 nitrogen and oxygen atoms in total. The largest absolute Gasteiger partial charge is 0.464 e. The van der Waals surface area contributed by atoms with Crippen molar-refractivity contribution in [3.05, 3.63) is 28.2 Å². The van der Waals surface area contributed by atoms with E-state index in [2.05, 4.69) is 21.2 Å². The molecule has 1 rings (SSSR count). The molecule has 16 heavy (non-hydrogen) atoms. The Morgan fingerprint density at radius 3 is 2.75 bits per heavy atom. The molecule has 0 aliphatic heterocycles. The van der Waals surface area contributed by atoms with E-state index in [1.807, 2.05) is 25.1 Å². The lowest BCUT2D eigenvalue weighted by molar-refractivity contribution is -0.143. The predicted molar refractivity (Wildman–Crippen MR) is 68.6 cm³/mol. The number of carbonyl (C=O) groups excluding carboxylic acids is 1. The summed E-state index contributed by atoms with van der Waals surface area (Å²) in [4.78, 5) is 11.4. The molecule has 0 amide bonds. The van der Waals surface area contributed by atoms with E-state index in [1.165, 1.54) is 0 Å². The molecule has 1 unspecified atom stereocenters. The van der Waals surface area contributed by atoms with Crippen molar-refractivity contribution >= 4 is 27.6 Å². The predicted octanol–water partition coefficient (Wildman–Crippen LogP) is 3.12. The van der Waals surface area contributed by atoms with Gasteiger partial charge in [0.25, 0.3) is 0 Å². The SMILES string of the molecule is CCOC(=O)C(C)Nc1cc(C)cc(Br)c1. The van der Waals surface area contributed by atoms with E-state index in [0.717, 1.165) is 15.7 Å². The van der Waals surface area contributed by atoms with Gasteiger partial charge >= 0.3 is 5.97 Å². The third-order valence-electron chi connectivity index (χ3n) is 2.07. The number of ether oxygens (including phenoxy) is 1. The first-order valence-electron chi connectivity index (χ1n) is 5.23. The lowest BCUT2D eigenvalue weighted by Gasteiger charge is -2.14. The minimum Gasteiger partial charge on any atom is -0.464 e. The lowest BCUT2D eigenvalue weighted by Crippen LogP contribution is -2.28. The van der Waals surface area contributed by atoms with E-state index in [-0.39, 0.29) is 12.0 Å². The minimum atomic E-state index is -0.339. The average molecular weight is 286 g/mol. The molecule has 1 aromatic rings. The zero-order valence-corrected chi connectivity index (χ0v) is 11.3. The summed E-state index contributed by atoms with van der Waals surface area (Å²) < 4.78 is 5.91. The highest BCUT2D eigenvalue weighted by Gasteiger charge is 2.13. The molecule has 1 aromatic carbocycles. The van der Waals surface area contributed by atoms with E-state index in [0.29, 0.717) is 6.61 Å². The van der Waals surface area contributed by atoms with Crippen LogP contribution in [0.15, 0.2) is 22.7 Å². The van der Waals surface area contributed by atoms with Crippen LogP contribution in [0.1, 0.15) is 19.4 Å². The number of nitrogens with one attached hydrogen (secondary N) is 1. The highest BCUT2D eigenvalue weighted by molar-refractivity contribution is 9.10. The number of benzene rings is 1. The van der Waals surface area contributed by atoms with Gasteiger partial charge in [-0.25, -0.2) is 4.79 Å². The monoisotopic (exact) mass is 285 g/mol. The van der Waals surface area contributed by atoms with Crippen molar-refractivity contribution in [3.8, 4) is 0 Å². The van der Waals surface area contributed by atoms with Crippen LogP contribution in [0.4, 0.5) is 5.69 Å². The first-order valence-corrected chi connectivity index (χ1v) is 6.02. The fourth-order valence-corrected chi connectivity index (χ4v) is 2.00. The van der Waals surface area contributed by atoms with Crippen molar-refractivity contribution in [3.63, 3.8) is 0 Å². The Morgan fingerprint density at radius 1 is 1.50 bits per heavy atom. The molecule has 0 fully saturated rings. The molecule has 0 heterocycles. The molecule has 0 aliphatic rings. The minimum absolute atomic E-state index is 0.236. The number of carbonyl (C=O) groups is 1. The first kappa shape index (κ1) is 13.0. The van der Waals surface area contributed by atoms with E-state index in [4.69, 9.17) is 4.74 Å². The van der Waals surface area contributed by atoms with Crippen LogP contribution in [0.3, 0.4) is 0 Å². The molecular weight excluding hydrogens is 270 g/mol. The van der Waals surface area contributed by atoms with Gasteiger partial charge < -0.3 is 10.1 Å². The number of rotatable bonds is 4. The lowest BCUT2D eigenvalue weighted by atomic mass is 10.2. The maximum Gasteiger partial charge on any atom is 0.328 e. The number of hydrogen-bond acceptors (Lipinski definition) is 3. The van der Waals surface area contributed by atoms with Crippen molar-refractivity contribution in [2.75, 3.05) is 11.9 Å². The molecule has 1 atom stereocenters. The van der Waals surface area contributed by atoms with Gasteiger partial charge in [-0.2, -0.15) is 0 Å². The van der Waals surface area contributed by atoms with Crippen LogP contribution < -0.4 is 5.32 Å².